The minimum Gasteiger partial charge on any atom is -0.805 e. The molecular formula is C11H9BrN2O3. The number of aromatic nitrogens is 2. The van der Waals surface area contributed by atoms with E-state index in [1.807, 2.05) is 0 Å². The largest absolute Gasteiger partial charge is 0.805 e. The molecule has 0 spiro atoms. The molecule has 0 bridgehead atoms. The topological polar surface area (TPSA) is 68.0 Å². The number of para-hydroxylation sites is 2. The molecule has 0 amide bonds. The van der Waals surface area contributed by atoms with Gasteiger partial charge in [-0.15, -0.1) is 0 Å². The van der Waals surface area contributed by atoms with E-state index in [4.69, 9.17) is 0 Å². The summed E-state index contributed by atoms with van der Waals surface area (Å²) >= 11 is 3.00. The number of fused-ring (bicyclic) bond motifs is 1. The highest BCUT2D eigenvalue weighted by Crippen LogP contribution is 2.14. The third-order valence-corrected chi connectivity index (χ3v) is 3.06. The maximum atomic E-state index is 12.0. The quantitative estimate of drug-likeness (QED) is 0.482. The van der Waals surface area contributed by atoms with E-state index in [0.29, 0.717) is 9.16 Å². The molecule has 0 radical (unpaired) electrons. The van der Waals surface area contributed by atoms with Gasteiger partial charge in [0, 0.05) is 11.0 Å². The number of hydrogen-bond acceptors (Lipinski definition) is 3. The second-order valence-electron chi connectivity index (χ2n) is 3.57. The van der Waals surface area contributed by atoms with E-state index in [1.54, 1.807) is 18.2 Å². The molecule has 17 heavy (non-hydrogen) atoms. The fourth-order valence-corrected chi connectivity index (χ4v) is 2.00. The van der Waals surface area contributed by atoms with Gasteiger partial charge < -0.3 is 9.94 Å². The van der Waals surface area contributed by atoms with Gasteiger partial charge in [0.2, 0.25) is 5.78 Å². The van der Waals surface area contributed by atoms with Crippen molar-refractivity contribution in [1.29, 1.82) is 0 Å². The predicted octanol–water partition coefficient (Wildman–Crippen LogP) is 1.79. The number of nitrogens with zero attached hydrogens (tertiary/aromatic N) is 2. The molecule has 0 unspecified atom stereocenters. The van der Waals surface area contributed by atoms with E-state index in [-0.39, 0.29) is 27.8 Å². The van der Waals surface area contributed by atoms with Crippen LogP contribution in [-0.2, 0) is 0 Å². The van der Waals surface area contributed by atoms with Crippen LogP contribution >= 0.6 is 15.9 Å². The summed E-state index contributed by atoms with van der Waals surface area (Å²) in [4.78, 5) is 23.7. The monoisotopic (exact) mass is 296 g/mol. The SMILES string of the molecule is Cc1c(C(=O)CBr)[n+](=O)c2ccccc2n1[O-]. The van der Waals surface area contributed by atoms with Gasteiger partial charge in [0.25, 0.3) is 5.52 Å². The van der Waals surface area contributed by atoms with E-state index in [2.05, 4.69) is 15.9 Å². The van der Waals surface area contributed by atoms with Gasteiger partial charge >= 0.3 is 5.69 Å². The first kappa shape index (κ1) is 11.8. The van der Waals surface area contributed by atoms with Crippen molar-refractivity contribution in [1.82, 2.24) is 4.73 Å². The first-order valence-corrected chi connectivity index (χ1v) is 6.03. The standard InChI is InChI=1S/C11H9BrN2O3/c1-7-11(10(15)6-12)14(17)9-5-3-2-4-8(9)13(7)16/h2-5H,6H2,1H3. The molecule has 1 aromatic carbocycles. The van der Waals surface area contributed by atoms with Crippen LogP contribution in [0.2, 0.25) is 0 Å². The fraction of sp³-hybridized carbons (Fsp3) is 0.182. The first-order valence-electron chi connectivity index (χ1n) is 4.91. The molecule has 2 aromatic rings. The number of rotatable bonds is 2. The van der Waals surface area contributed by atoms with Crippen molar-refractivity contribution < 1.29 is 9.22 Å². The Labute approximate surface area is 105 Å². The highest BCUT2D eigenvalue weighted by molar-refractivity contribution is 9.09. The molecule has 0 N–H and O–H groups in total. The third-order valence-electron chi connectivity index (χ3n) is 2.56. The zero-order valence-corrected chi connectivity index (χ0v) is 10.6. The lowest BCUT2D eigenvalue weighted by Gasteiger charge is -2.15. The molecule has 1 heterocycles. The number of hydrogen-bond donors (Lipinski definition) is 0. The van der Waals surface area contributed by atoms with Crippen LogP contribution in [0.15, 0.2) is 24.3 Å². The maximum Gasteiger partial charge on any atom is 0.325 e. The number of Topliss-reactive ketones (excluding diaryl/α,β-unsaturated/α-hetero) is 1. The molecular weight excluding hydrogens is 288 g/mol. The number of carbonyl (C=O) groups is 1. The number of carbonyl (C=O) groups excluding carboxylic acids is 1. The lowest BCUT2D eigenvalue weighted by molar-refractivity contribution is -0.468. The Hall–Kier alpha value is -1.69. The predicted molar refractivity (Wildman–Crippen MR) is 66.9 cm³/mol. The molecule has 0 aliphatic carbocycles. The summed E-state index contributed by atoms with van der Waals surface area (Å²) in [6, 6.07) is 6.38. The van der Waals surface area contributed by atoms with E-state index < -0.39 is 5.78 Å². The molecule has 0 fully saturated rings. The van der Waals surface area contributed by atoms with E-state index in [0.717, 1.165) is 0 Å². The summed E-state index contributed by atoms with van der Waals surface area (Å²) in [5, 5.41) is 11.9. The molecule has 0 atom stereocenters. The molecule has 0 aliphatic heterocycles. The molecule has 6 heteroatoms. The second-order valence-corrected chi connectivity index (χ2v) is 4.13. The van der Waals surface area contributed by atoms with Gasteiger partial charge in [-0.25, -0.2) is 0 Å². The van der Waals surface area contributed by atoms with Crippen LogP contribution in [0.3, 0.4) is 0 Å². The van der Waals surface area contributed by atoms with Crippen LogP contribution in [-0.4, -0.2) is 15.8 Å². The van der Waals surface area contributed by atoms with Crippen LogP contribution in [0.4, 0.5) is 0 Å². The molecule has 5 nitrogen and oxygen atoms in total. The van der Waals surface area contributed by atoms with Crippen molar-refractivity contribution in [3.8, 4) is 0 Å². The normalized spacial score (nSPS) is 10.7. The molecule has 88 valence electrons. The van der Waals surface area contributed by atoms with Crippen LogP contribution < -0.4 is 4.43 Å². The molecule has 0 saturated carbocycles. The average Bonchev–Trinajstić information content (AvgIpc) is 2.36. The Morgan fingerprint density at radius 3 is 2.76 bits per heavy atom. The zero-order valence-electron chi connectivity index (χ0n) is 9.01. The smallest absolute Gasteiger partial charge is 0.325 e. The van der Waals surface area contributed by atoms with E-state index >= 15 is 0 Å². The fourth-order valence-electron chi connectivity index (χ4n) is 1.73. The van der Waals surface area contributed by atoms with Crippen molar-refractivity contribution in [2.24, 2.45) is 0 Å². The zero-order chi connectivity index (χ0) is 12.6. The second kappa shape index (κ2) is 4.29. The molecule has 2 rings (SSSR count). The minimum absolute atomic E-state index is 0.00835. The van der Waals surface area contributed by atoms with Crippen molar-refractivity contribution in [3.05, 3.63) is 45.8 Å². The Kier molecular flexibility index (Phi) is 2.97. The van der Waals surface area contributed by atoms with Gasteiger partial charge in [0.15, 0.2) is 0 Å². The average molecular weight is 297 g/mol. The summed E-state index contributed by atoms with van der Waals surface area (Å²) in [6.45, 7) is 1.46. The Morgan fingerprint density at radius 1 is 1.47 bits per heavy atom. The summed E-state index contributed by atoms with van der Waals surface area (Å²) in [5.74, 6) is -0.409. The van der Waals surface area contributed by atoms with E-state index in [9.17, 15) is 14.9 Å². The van der Waals surface area contributed by atoms with Gasteiger partial charge in [0.05, 0.1) is 15.5 Å². The van der Waals surface area contributed by atoms with Crippen LogP contribution in [0.5, 0.6) is 0 Å². The van der Waals surface area contributed by atoms with Crippen LogP contribution in [0.25, 0.3) is 11.0 Å². The van der Waals surface area contributed by atoms with Crippen molar-refractivity contribution in [3.63, 3.8) is 0 Å². The number of halogens is 1. The Morgan fingerprint density at radius 2 is 2.12 bits per heavy atom. The summed E-state index contributed by atoms with van der Waals surface area (Å²) in [7, 11) is 0. The third kappa shape index (κ3) is 1.74. The summed E-state index contributed by atoms with van der Waals surface area (Å²) in [5.41, 5.74) is 0.447. The van der Waals surface area contributed by atoms with Gasteiger partial charge in [-0.1, -0.05) is 28.1 Å². The Balaban J connectivity index is 2.97. The van der Waals surface area contributed by atoms with Crippen LogP contribution in [0.1, 0.15) is 16.2 Å². The highest BCUT2D eigenvalue weighted by Gasteiger charge is 2.25. The number of alkyl halides is 1. The van der Waals surface area contributed by atoms with Crippen molar-refractivity contribution in [2.45, 2.75) is 6.92 Å². The Bertz CT molecular complexity index is 664. The lowest BCUT2D eigenvalue weighted by atomic mass is 10.2. The van der Waals surface area contributed by atoms with Gasteiger partial charge in [0.1, 0.15) is 5.52 Å². The maximum absolute atomic E-state index is 12.0. The summed E-state index contributed by atoms with van der Waals surface area (Å²) < 4.78 is 1.13. The highest BCUT2D eigenvalue weighted by atomic mass is 79.9. The molecule has 0 aliphatic rings. The van der Waals surface area contributed by atoms with Crippen molar-refractivity contribution in [2.75, 3.05) is 5.33 Å². The van der Waals surface area contributed by atoms with Gasteiger partial charge in [-0.05, 0) is 13.0 Å². The lowest BCUT2D eigenvalue weighted by Crippen LogP contribution is -2.30. The number of ketones is 1. The van der Waals surface area contributed by atoms with Crippen LogP contribution in [0, 0.1) is 17.0 Å². The molecule has 0 saturated heterocycles. The first-order chi connectivity index (χ1) is 8.07. The van der Waals surface area contributed by atoms with Crippen molar-refractivity contribution >= 4 is 32.7 Å². The van der Waals surface area contributed by atoms with Gasteiger partial charge in [-0.2, -0.15) is 0 Å². The van der Waals surface area contributed by atoms with E-state index in [1.165, 1.54) is 13.0 Å². The summed E-state index contributed by atoms with van der Waals surface area (Å²) in [6.07, 6.45) is 0. The number of benzene rings is 1. The van der Waals surface area contributed by atoms with Gasteiger partial charge in [-0.3, -0.25) is 4.79 Å². The molecule has 1 aromatic heterocycles. The minimum atomic E-state index is -0.409.